The summed E-state index contributed by atoms with van der Waals surface area (Å²) in [5.41, 5.74) is 0. The first-order valence-corrected chi connectivity index (χ1v) is 4.57. The van der Waals surface area contributed by atoms with Crippen LogP contribution in [0.25, 0.3) is 0 Å². The second-order valence-corrected chi connectivity index (χ2v) is 3.11. The zero-order valence-electron chi connectivity index (χ0n) is 5.94. The van der Waals surface area contributed by atoms with Gasteiger partial charge in [-0.2, -0.15) is 0 Å². The van der Waals surface area contributed by atoms with Gasteiger partial charge in [0.25, 0.3) is 0 Å². The van der Waals surface area contributed by atoms with Crippen molar-refractivity contribution in [1.29, 1.82) is 0 Å². The minimum Gasteiger partial charge on any atom is -0.213 e. The van der Waals surface area contributed by atoms with Gasteiger partial charge in [0.1, 0.15) is 0 Å². The van der Waals surface area contributed by atoms with Crippen LogP contribution in [0, 0.1) is 11.8 Å². The molecule has 10 heavy (non-hydrogen) atoms. The highest BCUT2D eigenvalue weighted by Crippen LogP contribution is 2.03. The van der Waals surface area contributed by atoms with Gasteiger partial charge < -0.3 is 0 Å². The lowest BCUT2D eigenvalue weighted by molar-refractivity contribution is 0.653. The smallest absolute Gasteiger partial charge is 0.0844 e. The molecule has 0 aliphatic heterocycles. The molecule has 0 aromatic heterocycles. The van der Waals surface area contributed by atoms with E-state index >= 15 is 0 Å². The van der Waals surface area contributed by atoms with E-state index < -0.39 is 0 Å². The maximum Gasteiger partial charge on any atom is 0.0844 e. The Morgan fingerprint density at radius 3 is 1.50 bits per heavy atom. The van der Waals surface area contributed by atoms with E-state index in [0.29, 0.717) is 22.5 Å². The maximum atomic E-state index is 10.0. The summed E-state index contributed by atoms with van der Waals surface area (Å²) in [4.78, 5) is 0. The van der Waals surface area contributed by atoms with E-state index in [-0.39, 0.29) is 11.8 Å². The molecular weight excluding hydrogens is 168 g/mol. The van der Waals surface area contributed by atoms with E-state index in [1.807, 2.05) is 13.8 Å². The average molecular weight is 178 g/mol. The molecule has 0 fully saturated rings. The fraction of sp³-hybridized carbons (Fsp3) is 0.667. The van der Waals surface area contributed by atoms with Crippen molar-refractivity contribution in [3.63, 3.8) is 0 Å². The molecule has 0 radical (unpaired) electrons. The van der Waals surface area contributed by atoms with E-state index in [1.165, 1.54) is 0 Å². The van der Waals surface area contributed by atoms with Crippen LogP contribution in [-0.2, 0) is 22.5 Å². The third-order valence-corrected chi connectivity index (χ3v) is 2.45. The Kier molecular flexibility index (Phi) is 5.43. The molecule has 0 bridgehead atoms. The third-order valence-electron chi connectivity index (χ3n) is 1.37. The van der Waals surface area contributed by atoms with Gasteiger partial charge in [0.2, 0.25) is 0 Å². The van der Waals surface area contributed by atoms with Crippen LogP contribution in [0.15, 0.2) is 0 Å². The third kappa shape index (κ3) is 3.74. The van der Waals surface area contributed by atoms with E-state index in [2.05, 4.69) is 0 Å². The molecule has 0 heterocycles. The van der Waals surface area contributed by atoms with Gasteiger partial charge in [-0.05, 0) is 11.8 Å². The maximum absolute atomic E-state index is 10.0. The minimum atomic E-state index is 0.184. The van der Waals surface area contributed by atoms with Crippen molar-refractivity contribution >= 4 is 33.2 Å². The topological polar surface area (TPSA) is 34.1 Å². The molecule has 4 heteroatoms. The van der Waals surface area contributed by atoms with Crippen molar-refractivity contribution in [2.24, 2.45) is 11.8 Å². The Hall–Kier alpha value is -0.220. The summed E-state index contributed by atoms with van der Waals surface area (Å²) >= 11 is 0.915. The summed E-state index contributed by atoms with van der Waals surface area (Å²) in [5.74, 6) is 0.368. The Balaban J connectivity index is 4.05. The Morgan fingerprint density at radius 2 is 1.30 bits per heavy atom. The Labute approximate surface area is 67.8 Å². The van der Waals surface area contributed by atoms with Gasteiger partial charge in [0.15, 0.2) is 0 Å². The molecule has 0 spiro atoms. The molecule has 0 N–H and O–H groups in total. The highest BCUT2D eigenvalue weighted by atomic mass is 32.1. The summed E-state index contributed by atoms with van der Waals surface area (Å²) in [7, 11) is 0. The number of hydrogen-bond donors (Lipinski definition) is 0. The molecule has 2 nitrogen and oxygen atoms in total. The molecule has 0 amide bonds. The fourth-order valence-electron chi connectivity index (χ4n) is 0.423. The number of rotatable bonds is 3. The van der Waals surface area contributed by atoms with Crippen molar-refractivity contribution in [2.75, 3.05) is 0 Å². The molecular formula is C6H10O2S2. The van der Waals surface area contributed by atoms with Gasteiger partial charge in [-0.1, -0.05) is 13.8 Å². The summed E-state index contributed by atoms with van der Waals surface area (Å²) in [5, 5.41) is 3.19. The highest BCUT2D eigenvalue weighted by Gasteiger charge is 2.05. The van der Waals surface area contributed by atoms with Crippen molar-refractivity contribution in [2.45, 2.75) is 13.8 Å². The van der Waals surface area contributed by atoms with Gasteiger partial charge in [-0.15, -0.1) is 0 Å². The lowest BCUT2D eigenvalue weighted by Crippen LogP contribution is -2.09. The van der Waals surface area contributed by atoms with Crippen molar-refractivity contribution < 1.29 is 8.42 Å². The van der Waals surface area contributed by atoms with E-state index in [0.717, 1.165) is 0 Å². The average Bonchev–Trinajstić information content (AvgIpc) is 1.89. The Bertz CT molecular complexity index is 168. The SMILES string of the molecule is CC(C=S=O)C(C)C=S=O. The first-order chi connectivity index (χ1) is 4.72. The zero-order chi connectivity index (χ0) is 7.98. The van der Waals surface area contributed by atoms with Crippen LogP contribution >= 0.6 is 0 Å². The molecule has 0 rings (SSSR count). The molecule has 0 aromatic rings. The molecule has 0 saturated heterocycles. The molecule has 0 aliphatic rings. The van der Waals surface area contributed by atoms with E-state index in [1.54, 1.807) is 10.7 Å². The van der Waals surface area contributed by atoms with Gasteiger partial charge in [0, 0.05) is 10.7 Å². The molecule has 0 aliphatic carbocycles. The zero-order valence-corrected chi connectivity index (χ0v) is 7.58. The van der Waals surface area contributed by atoms with Crippen molar-refractivity contribution in [3.05, 3.63) is 0 Å². The number of hydrogen-bond acceptors (Lipinski definition) is 2. The largest absolute Gasteiger partial charge is 0.213 e. The van der Waals surface area contributed by atoms with Crippen LogP contribution in [0.4, 0.5) is 0 Å². The normalized spacial score (nSPS) is 15.0. The first-order valence-electron chi connectivity index (χ1n) is 2.96. The van der Waals surface area contributed by atoms with E-state index in [4.69, 9.17) is 0 Å². The Morgan fingerprint density at radius 1 is 1.00 bits per heavy atom. The molecule has 2 atom stereocenters. The van der Waals surface area contributed by atoms with Gasteiger partial charge in [-0.3, -0.25) is 0 Å². The lowest BCUT2D eigenvalue weighted by Gasteiger charge is -2.06. The van der Waals surface area contributed by atoms with Crippen LogP contribution in [0.5, 0.6) is 0 Å². The summed E-state index contributed by atoms with van der Waals surface area (Å²) < 4.78 is 20.0. The molecule has 58 valence electrons. The monoisotopic (exact) mass is 178 g/mol. The van der Waals surface area contributed by atoms with Gasteiger partial charge in [-0.25, -0.2) is 8.42 Å². The summed E-state index contributed by atoms with van der Waals surface area (Å²) in [6.45, 7) is 3.84. The first kappa shape index (κ1) is 9.78. The second-order valence-electron chi connectivity index (χ2n) is 2.18. The molecule has 0 saturated carbocycles. The predicted octanol–water partition coefficient (Wildman–Crippen LogP) is 0.289. The van der Waals surface area contributed by atoms with E-state index in [9.17, 15) is 8.42 Å². The van der Waals surface area contributed by atoms with Gasteiger partial charge in [0.05, 0.1) is 22.5 Å². The van der Waals surface area contributed by atoms with Crippen LogP contribution < -0.4 is 0 Å². The lowest BCUT2D eigenvalue weighted by atomic mass is 10.0. The summed E-state index contributed by atoms with van der Waals surface area (Å²) in [6, 6.07) is 0. The van der Waals surface area contributed by atoms with Gasteiger partial charge >= 0.3 is 0 Å². The predicted molar refractivity (Wildman–Crippen MR) is 46.7 cm³/mol. The standard InChI is InChI=1S/C6H10O2S2/c1-5(3-9-7)6(2)4-10-8/h3-6H,1-2H3. The highest BCUT2D eigenvalue weighted by molar-refractivity contribution is 7.65. The fourth-order valence-corrected chi connectivity index (χ4v) is 1.27. The van der Waals surface area contributed by atoms with Crippen LogP contribution in [-0.4, -0.2) is 19.2 Å². The molecule has 0 aromatic carbocycles. The summed E-state index contributed by atoms with van der Waals surface area (Å²) in [6.07, 6.45) is 0. The van der Waals surface area contributed by atoms with Crippen LogP contribution in [0.3, 0.4) is 0 Å². The van der Waals surface area contributed by atoms with Crippen molar-refractivity contribution in [3.8, 4) is 0 Å². The molecule has 2 unspecified atom stereocenters. The van der Waals surface area contributed by atoms with Crippen LogP contribution in [0.2, 0.25) is 0 Å². The second kappa shape index (κ2) is 5.56. The van der Waals surface area contributed by atoms with Crippen LogP contribution in [0.1, 0.15) is 13.8 Å². The quantitative estimate of drug-likeness (QED) is 0.582. The minimum absolute atomic E-state index is 0.184. The van der Waals surface area contributed by atoms with Crippen molar-refractivity contribution in [1.82, 2.24) is 0 Å².